The topological polar surface area (TPSA) is 53.1 Å². The molecule has 1 aliphatic carbocycles. The summed E-state index contributed by atoms with van der Waals surface area (Å²) < 4.78 is 8.02. The highest BCUT2D eigenvalue weighted by Crippen LogP contribution is 2.44. The Morgan fingerprint density at radius 2 is 2.21 bits per heavy atom. The molecule has 1 saturated heterocycles. The smallest absolute Gasteiger partial charge is 0.0685 e. The molecule has 1 saturated carbocycles. The summed E-state index contributed by atoms with van der Waals surface area (Å²) in [7, 11) is 1.98. The first-order valence-corrected chi connectivity index (χ1v) is 7.49. The SMILES string of the molecule is Cc1c(C(N)C2CCOC3(CCCC3)C2)cnn1C. The van der Waals surface area contributed by atoms with E-state index in [2.05, 4.69) is 12.0 Å². The zero-order valence-corrected chi connectivity index (χ0v) is 12.1. The van der Waals surface area contributed by atoms with Gasteiger partial charge in [-0.25, -0.2) is 0 Å². The van der Waals surface area contributed by atoms with E-state index in [0.29, 0.717) is 5.92 Å². The molecule has 1 aromatic heterocycles. The Bertz CT molecular complexity index is 448. The molecule has 0 amide bonds. The number of nitrogens with two attached hydrogens (primary N) is 1. The Labute approximate surface area is 115 Å². The molecule has 0 radical (unpaired) electrons. The van der Waals surface area contributed by atoms with Gasteiger partial charge in [-0.1, -0.05) is 12.8 Å². The zero-order chi connectivity index (χ0) is 13.5. The standard InChI is InChI=1S/C15H25N3O/c1-11-13(10-17-18(11)2)14(16)12-5-8-19-15(9-12)6-3-4-7-15/h10,12,14H,3-9,16H2,1-2H3. The fourth-order valence-electron chi connectivity index (χ4n) is 3.84. The maximum atomic E-state index is 6.53. The molecule has 2 N–H and O–H groups in total. The molecule has 4 nitrogen and oxygen atoms in total. The van der Waals surface area contributed by atoms with Gasteiger partial charge in [0.1, 0.15) is 0 Å². The Morgan fingerprint density at radius 3 is 2.84 bits per heavy atom. The third-order valence-corrected chi connectivity index (χ3v) is 5.19. The molecular weight excluding hydrogens is 238 g/mol. The van der Waals surface area contributed by atoms with Crippen LogP contribution >= 0.6 is 0 Å². The van der Waals surface area contributed by atoms with Crippen LogP contribution in [0, 0.1) is 12.8 Å². The van der Waals surface area contributed by atoms with Crippen molar-refractivity contribution in [2.75, 3.05) is 6.61 Å². The molecule has 0 bridgehead atoms. The molecule has 2 aliphatic rings. The fourth-order valence-corrected chi connectivity index (χ4v) is 3.84. The van der Waals surface area contributed by atoms with Gasteiger partial charge < -0.3 is 10.5 Å². The van der Waals surface area contributed by atoms with Crippen molar-refractivity contribution in [3.05, 3.63) is 17.5 Å². The van der Waals surface area contributed by atoms with E-state index in [1.807, 2.05) is 17.9 Å². The second kappa shape index (κ2) is 4.91. The largest absolute Gasteiger partial charge is 0.375 e. The Morgan fingerprint density at radius 1 is 1.47 bits per heavy atom. The van der Waals surface area contributed by atoms with Gasteiger partial charge in [-0.05, 0) is 38.5 Å². The van der Waals surface area contributed by atoms with E-state index in [1.165, 1.54) is 36.9 Å². The third kappa shape index (κ3) is 2.32. The van der Waals surface area contributed by atoms with Gasteiger partial charge in [-0.15, -0.1) is 0 Å². The molecule has 4 heteroatoms. The zero-order valence-electron chi connectivity index (χ0n) is 12.1. The van der Waals surface area contributed by atoms with Crippen LogP contribution in [0.4, 0.5) is 0 Å². The van der Waals surface area contributed by atoms with Gasteiger partial charge in [0.2, 0.25) is 0 Å². The van der Waals surface area contributed by atoms with E-state index in [1.54, 1.807) is 0 Å². The second-order valence-electron chi connectivity index (χ2n) is 6.33. The molecule has 19 heavy (non-hydrogen) atoms. The maximum Gasteiger partial charge on any atom is 0.0685 e. The molecule has 3 rings (SSSR count). The highest BCUT2D eigenvalue weighted by Gasteiger charge is 2.41. The number of rotatable bonds is 2. The molecule has 1 aliphatic heterocycles. The van der Waals surface area contributed by atoms with Crippen LogP contribution < -0.4 is 5.73 Å². The Kier molecular flexibility index (Phi) is 3.39. The van der Waals surface area contributed by atoms with Crippen LogP contribution in [0.2, 0.25) is 0 Å². The molecular formula is C15H25N3O. The predicted octanol–water partition coefficient (Wildman–Crippen LogP) is 2.47. The van der Waals surface area contributed by atoms with Crippen LogP contribution in [-0.4, -0.2) is 22.0 Å². The summed E-state index contributed by atoms with van der Waals surface area (Å²) in [6.45, 7) is 2.98. The molecule has 106 valence electrons. The van der Waals surface area contributed by atoms with Crippen LogP contribution in [-0.2, 0) is 11.8 Å². The lowest BCUT2D eigenvalue weighted by Crippen LogP contribution is -2.40. The number of hydrogen-bond donors (Lipinski definition) is 1. The monoisotopic (exact) mass is 263 g/mol. The minimum absolute atomic E-state index is 0.107. The minimum Gasteiger partial charge on any atom is -0.375 e. The van der Waals surface area contributed by atoms with E-state index in [-0.39, 0.29) is 11.6 Å². The van der Waals surface area contributed by atoms with Gasteiger partial charge in [0, 0.05) is 31.0 Å². The van der Waals surface area contributed by atoms with E-state index in [4.69, 9.17) is 10.5 Å². The first kappa shape index (κ1) is 13.1. The fraction of sp³-hybridized carbons (Fsp3) is 0.800. The van der Waals surface area contributed by atoms with Crippen molar-refractivity contribution >= 4 is 0 Å². The van der Waals surface area contributed by atoms with Gasteiger partial charge in [0.15, 0.2) is 0 Å². The lowest BCUT2D eigenvalue weighted by Gasteiger charge is -2.40. The summed E-state index contributed by atoms with van der Waals surface area (Å²) >= 11 is 0. The molecule has 1 spiro atoms. The highest BCUT2D eigenvalue weighted by atomic mass is 16.5. The molecule has 2 unspecified atom stereocenters. The van der Waals surface area contributed by atoms with Crippen LogP contribution in [0.5, 0.6) is 0 Å². The van der Waals surface area contributed by atoms with Crippen molar-refractivity contribution in [1.82, 2.24) is 9.78 Å². The van der Waals surface area contributed by atoms with Gasteiger partial charge >= 0.3 is 0 Å². The molecule has 0 aromatic carbocycles. The summed E-state index contributed by atoms with van der Waals surface area (Å²) in [5, 5.41) is 4.33. The van der Waals surface area contributed by atoms with E-state index >= 15 is 0 Å². The van der Waals surface area contributed by atoms with Crippen molar-refractivity contribution in [1.29, 1.82) is 0 Å². The second-order valence-corrected chi connectivity index (χ2v) is 6.33. The van der Waals surface area contributed by atoms with Crippen molar-refractivity contribution in [3.63, 3.8) is 0 Å². The Balaban J connectivity index is 1.76. The highest BCUT2D eigenvalue weighted by molar-refractivity contribution is 5.21. The third-order valence-electron chi connectivity index (χ3n) is 5.19. The maximum absolute atomic E-state index is 6.53. The summed E-state index contributed by atoms with van der Waals surface area (Å²) in [5.41, 5.74) is 9.08. The van der Waals surface area contributed by atoms with Crippen molar-refractivity contribution in [2.24, 2.45) is 18.7 Å². The first-order chi connectivity index (χ1) is 9.11. The van der Waals surface area contributed by atoms with Crippen molar-refractivity contribution < 1.29 is 4.74 Å². The lowest BCUT2D eigenvalue weighted by atomic mass is 9.79. The summed E-state index contributed by atoms with van der Waals surface area (Å²) in [4.78, 5) is 0. The van der Waals surface area contributed by atoms with E-state index in [0.717, 1.165) is 19.4 Å². The molecule has 2 atom stereocenters. The quantitative estimate of drug-likeness (QED) is 0.891. The van der Waals surface area contributed by atoms with Crippen LogP contribution in [0.1, 0.15) is 55.8 Å². The van der Waals surface area contributed by atoms with Gasteiger partial charge in [0.05, 0.1) is 11.8 Å². The van der Waals surface area contributed by atoms with Gasteiger partial charge in [0.25, 0.3) is 0 Å². The number of hydrogen-bond acceptors (Lipinski definition) is 3. The molecule has 2 fully saturated rings. The van der Waals surface area contributed by atoms with E-state index < -0.39 is 0 Å². The number of nitrogens with zero attached hydrogens (tertiary/aromatic N) is 2. The van der Waals surface area contributed by atoms with Gasteiger partial charge in [-0.2, -0.15) is 5.10 Å². The average molecular weight is 263 g/mol. The Hall–Kier alpha value is -0.870. The summed E-state index contributed by atoms with van der Waals surface area (Å²) in [6.07, 6.45) is 9.22. The number of ether oxygens (including phenoxy) is 1. The molecule has 2 heterocycles. The first-order valence-electron chi connectivity index (χ1n) is 7.49. The van der Waals surface area contributed by atoms with Crippen LogP contribution in [0.25, 0.3) is 0 Å². The average Bonchev–Trinajstić information content (AvgIpc) is 2.98. The number of aromatic nitrogens is 2. The van der Waals surface area contributed by atoms with Crippen molar-refractivity contribution in [2.45, 2.75) is 57.1 Å². The summed E-state index contributed by atoms with van der Waals surface area (Å²) in [5.74, 6) is 0.537. The van der Waals surface area contributed by atoms with Crippen molar-refractivity contribution in [3.8, 4) is 0 Å². The lowest BCUT2D eigenvalue weighted by molar-refractivity contribution is -0.0964. The normalized spacial score (nSPS) is 27.8. The molecule has 1 aromatic rings. The van der Waals surface area contributed by atoms with Crippen LogP contribution in [0.15, 0.2) is 6.20 Å². The minimum atomic E-state index is 0.107. The van der Waals surface area contributed by atoms with Gasteiger partial charge in [-0.3, -0.25) is 4.68 Å². The number of aryl methyl sites for hydroxylation is 1. The summed E-state index contributed by atoms with van der Waals surface area (Å²) in [6, 6.07) is 0.107. The van der Waals surface area contributed by atoms with Crippen LogP contribution in [0.3, 0.4) is 0 Å². The van der Waals surface area contributed by atoms with E-state index in [9.17, 15) is 0 Å². The predicted molar refractivity (Wildman–Crippen MR) is 74.7 cm³/mol.